The van der Waals surface area contributed by atoms with Gasteiger partial charge in [-0.25, -0.2) is 0 Å². The second-order valence-corrected chi connectivity index (χ2v) is 3.93. The third-order valence-electron chi connectivity index (χ3n) is 2.72. The maximum absolute atomic E-state index is 12.5. The van der Waals surface area contributed by atoms with Crippen LogP contribution in [-0.4, -0.2) is 16.6 Å². The number of nitro groups is 1. The highest BCUT2D eigenvalue weighted by Crippen LogP contribution is 2.49. The maximum atomic E-state index is 12.5. The van der Waals surface area contributed by atoms with Crippen LogP contribution in [-0.2, 0) is 6.54 Å². The molecule has 1 aromatic heterocycles. The summed E-state index contributed by atoms with van der Waals surface area (Å²) in [6, 6.07) is 2.40. The van der Waals surface area contributed by atoms with Crippen molar-refractivity contribution in [3.05, 3.63) is 28.0 Å². The Balaban J connectivity index is 1.96. The highest BCUT2D eigenvalue weighted by molar-refractivity contribution is 5.18. The number of alkyl halides is 3. The molecular weight excluding hydrogens is 241 g/mol. The number of rotatable bonds is 4. The van der Waals surface area contributed by atoms with E-state index < -0.39 is 22.5 Å². The van der Waals surface area contributed by atoms with E-state index in [0.29, 0.717) is 0 Å². The van der Waals surface area contributed by atoms with Crippen LogP contribution in [0.2, 0.25) is 0 Å². The van der Waals surface area contributed by atoms with Crippen molar-refractivity contribution in [3.63, 3.8) is 0 Å². The average molecular weight is 250 g/mol. The normalized spacial score (nSPS) is 18.1. The summed E-state index contributed by atoms with van der Waals surface area (Å²) < 4.78 is 42.3. The molecule has 94 valence electrons. The summed E-state index contributed by atoms with van der Waals surface area (Å²) in [7, 11) is 0. The summed E-state index contributed by atoms with van der Waals surface area (Å²) >= 11 is 0. The average Bonchev–Trinajstić information content (AvgIpc) is 2.86. The molecule has 17 heavy (non-hydrogen) atoms. The van der Waals surface area contributed by atoms with Gasteiger partial charge in [-0.1, -0.05) is 0 Å². The molecule has 0 radical (unpaired) electrons. The van der Waals surface area contributed by atoms with Crippen LogP contribution in [0, 0.1) is 10.1 Å². The second kappa shape index (κ2) is 3.73. The molecule has 1 aliphatic carbocycles. The number of furan rings is 1. The SMILES string of the molecule is O=[N+]([O-])c1ccc(CNC2(C(F)(F)F)CC2)o1. The van der Waals surface area contributed by atoms with Gasteiger partial charge in [0.2, 0.25) is 0 Å². The minimum atomic E-state index is -4.30. The Morgan fingerprint density at radius 1 is 1.47 bits per heavy atom. The first-order chi connectivity index (χ1) is 7.84. The summed E-state index contributed by atoms with van der Waals surface area (Å²) in [5.41, 5.74) is -1.84. The van der Waals surface area contributed by atoms with E-state index in [-0.39, 0.29) is 25.1 Å². The summed E-state index contributed by atoms with van der Waals surface area (Å²) in [6.07, 6.45) is -4.25. The van der Waals surface area contributed by atoms with Gasteiger partial charge in [-0.3, -0.25) is 15.4 Å². The fourth-order valence-electron chi connectivity index (χ4n) is 1.50. The molecular formula is C9H9F3N2O3. The smallest absolute Gasteiger partial charge is 0.404 e. The fourth-order valence-corrected chi connectivity index (χ4v) is 1.50. The molecule has 0 bridgehead atoms. The van der Waals surface area contributed by atoms with E-state index in [0.717, 1.165) is 6.07 Å². The lowest BCUT2D eigenvalue weighted by atomic mass is 10.2. The Bertz CT molecular complexity index is 437. The molecule has 0 aliphatic heterocycles. The van der Waals surface area contributed by atoms with Gasteiger partial charge < -0.3 is 4.42 Å². The van der Waals surface area contributed by atoms with Gasteiger partial charge in [0.15, 0.2) is 0 Å². The zero-order chi connectivity index (χ0) is 12.7. The zero-order valence-electron chi connectivity index (χ0n) is 8.58. The van der Waals surface area contributed by atoms with Crippen molar-refractivity contribution in [1.29, 1.82) is 0 Å². The van der Waals surface area contributed by atoms with Gasteiger partial charge in [-0.05, 0) is 18.9 Å². The predicted octanol–water partition coefficient (Wildman–Crippen LogP) is 2.37. The predicted molar refractivity (Wildman–Crippen MR) is 50.2 cm³/mol. The number of nitrogens with zero attached hydrogens (tertiary/aromatic N) is 1. The Hall–Kier alpha value is -1.57. The van der Waals surface area contributed by atoms with Crippen molar-refractivity contribution in [3.8, 4) is 0 Å². The Morgan fingerprint density at radius 2 is 2.12 bits per heavy atom. The molecule has 8 heteroatoms. The fraction of sp³-hybridized carbons (Fsp3) is 0.556. The van der Waals surface area contributed by atoms with E-state index in [4.69, 9.17) is 4.42 Å². The van der Waals surface area contributed by atoms with E-state index in [1.54, 1.807) is 0 Å². The quantitative estimate of drug-likeness (QED) is 0.658. The molecule has 1 fully saturated rings. The first kappa shape index (κ1) is 11.9. The molecule has 1 aromatic rings. The van der Waals surface area contributed by atoms with Crippen LogP contribution >= 0.6 is 0 Å². The molecule has 1 N–H and O–H groups in total. The van der Waals surface area contributed by atoms with Crippen molar-refractivity contribution in [2.75, 3.05) is 0 Å². The molecule has 0 saturated heterocycles. The van der Waals surface area contributed by atoms with Gasteiger partial charge in [-0.15, -0.1) is 0 Å². The molecule has 1 aliphatic rings. The Morgan fingerprint density at radius 3 is 2.53 bits per heavy atom. The third-order valence-corrected chi connectivity index (χ3v) is 2.72. The van der Waals surface area contributed by atoms with Gasteiger partial charge in [0.1, 0.15) is 16.2 Å². The Kier molecular flexibility index (Phi) is 2.61. The van der Waals surface area contributed by atoms with Gasteiger partial charge in [0, 0.05) is 0 Å². The lowest BCUT2D eigenvalue weighted by Gasteiger charge is -2.19. The highest BCUT2D eigenvalue weighted by atomic mass is 19.4. The minimum absolute atomic E-state index is 0.0271. The van der Waals surface area contributed by atoms with Gasteiger partial charge in [-0.2, -0.15) is 13.2 Å². The van der Waals surface area contributed by atoms with Crippen LogP contribution in [0.1, 0.15) is 18.6 Å². The largest absolute Gasteiger partial charge is 0.433 e. The third kappa shape index (κ3) is 2.26. The van der Waals surface area contributed by atoms with Crippen molar-refractivity contribution in [2.24, 2.45) is 0 Å². The van der Waals surface area contributed by atoms with E-state index in [1.807, 2.05) is 0 Å². The highest BCUT2D eigenvalue weighted by Gasteiger charge is 2.63. The van der Waals surface area contributed by atoms with Crippen LogP contribution in [0.5, 0.6) is 0 Å². The van der Waals surface area contributed by atoms with E-state index in [9.17, 15) is 23.3 Å². The van der Waals surface area contributed by atoms with Crippen LogP contribution in [0.4, 0.5) is 19.1 Å². The van der Waals surface area contributed by atoms with E-state index in [1.165, 1.54) is 6.07 Å². The van der Waals surface area contributed by atoms with E-state index >= 15 is 0 Å². The standard InChI is InChI=1S/C9H9F3N2O3/c10-9(11,12)8(3-4-8)13-5-6-1-2-7(17-6)14(15)16/h1-2,13H,3-5H2. The molecule has 1 heterocycles. The molecule has 0 unspecified atom stereocenters. The maximum Gasteiger partial charge on any atom is 0.433 e. The van der Waals surface area contributed by atoms with Crippen LogP contribution in [0.25, 0.3) is 0 Å². The van der Waals surface area contributed by atoms with Crippen LogP contribution in [0.15, 0.2) is 16.5 Å². The second-order valence-electron chi connectivity index (χ2n) is 3.93. The Labute approximate surface area is 93.7 Å². The first-order valence-corrected chi connectivity index (χ1v) is 4.89. The van der Waals surface area contributed by atoms with Crippen molar-refractivity contribution >= 4 is 5.88 Å². The zero-order valence-corrected chi connectivity index (χ0v) is 8.58. The summed E-state index contributed by atoms with van der Waals surface area (Å²) in [4.78, 5) is 9.56. The van der Waals surface area contributed by atoms with Crippen molar-refractivity contribution < 1.29 is 22.5 Å². The lowest BCUT2D eigenvalue weighted by Crippen LogP contribution is -2.44. The molecule has 1 saturated carbocycles. The summed E-state index contributed by atoms with van der Waals surface area (Å²) in [6.45, 7) is -0.173. The summed E-state index contributed by atoms with van der Waals surface area (Å²) in [5.74, 6) is -0.356. The summed E-state index contributed by atoms with van der Waals surface area (Å²) in [5, 5.41) is 12.6. The van der Waals surface area contributed by atoms with Gasteiger partial charge in [0.25, 0.3) is 0 Å². The molecule has 0 spiro atoms. The number of nitrogens with one attached hydrogen (secondary N) is 1. The first-order valence-electron chi connectivity index (χ1n) is 4.89. The van der Waals surface area contributed by atoms with Crippen LogP contribution in [0.3, 0.4) is 0 Å². The van der Waals surface area contributed by atoms with Gasteiger partial charge >= 0.3 is 12.1 Å². The van der Waals surface area contributed by atoms with Crippen molar-refractivity contribution in [2.45, 2.75) is 31.1 Å². The topological polar surface area (TPSA) is 68.3 Å². The molecule has 2 rings (SSSR count). The van der Waals surface area contributed by atoms with Crippen LogP contribution < -0.4 is 5.32 Å². The molecule has 0 atom stereocenters. The number of hydrogen-bond donors (Lipinski definition) is 1. The minimum Gasteiger partial charge on any atom is -0.404 e. The van der Waals surface area contributed by atoms with E-state index in [2.05, 4.69) is 5.32 Å². The molecule has 0 amide bonds. The molecule has 0 aromatic carbocycles. The number of hydrogen-bond acceptors (Lipinski definition) is 4. The monoisotopic (exact) mass is 250 g/mol. The molecule has 5 nitrogen and oxygen atoms in total. The van der Waals surface area contributed by atoms with Gasteiger partial charge in [0.05, 0.1) is 12.6 Å². The lowest BCUT2D eigenvalue weighted by molar-refractivity contribution is -0.402. The van der Waals surface area contributed by atoms with Crippen molar-refractivity contribution in [1.82, 2.24) is 5.32 Å². The number of halogens is 3.